The van der Waals surface area contributed by atoms with Crippen LogP contribution in [0.15, 0.2) is 39.9 Å². The molecule has 32 heavy (non-hydrogen) atoms. The number of halogens is 2. The molecule has 170 valence electrons. The van der Waals surface area contributed by atoms with Crippen molar-refractivity contribution in [3.8, 4) is 11.3 Å². The predicted octanol–water partition coefficient (Wildman–Crippen LogP) is 5.02. The van der Waals surface area contributed by atoms with Gasteiger partial charge in [-0.15, -0.1) is 0 Å². The van der Waals surface area contributed by atoms with Gasteiger partial charge in [-0.05, 0) is 56.0 Å². The van der Waals surface area contributed by atoms with Crippen LogP contribution in [0.1, 0.15) is 24.9 Å². The van der Waals surface area contributed by atoms with Crippen LogP contribution in [0.3, 0.4) is 0 Å². The molecule has 0 N–H and O–H groups in total. The number of aromatic nitrogens is 3. The van der Waals surface area contributed by atoms with Crippen LogP contribution < -0.4 is 0 Å². The molecule has 4 rings (SSSR count). The van der Waals surface area contributed by atoms with Gasteiger partial charge in [-0.25, -0.2) is 4.68 Å². The zero-order chi connectivity index (χ0) is 22.7. The molecule has 0 radical (unpaired) electrons. The highest BCUT2D eigenvalue weighted by Crippen LogP contribution is 2.31. The summed E-state index contributed by atoms with van der Waals surface area (Å²) in [6.07, 6.45) is 3.40. The highest BCUT2D eigenvalue weighted by Gasteiger charge is 2.17. The average Bonchev–Trinajstić information content (AvgIpc) is 3.34. The van der Waals surface area contributed by atoms with Gasteiger partial charge in [0.25, 0.3) is 0 Å². The molecular formula is C22H26Cl2N6OS. The first-order chi connectivity index (χ1) is 15.4. The maximum Gasteiger partial charge on any atom is 0.220 e. The fraction of sp³-hybridized carbons (Fsp3) is 0.409. The van der Waals surface area contributed by atoms with Crippen molar-refractivity contribution in [3.63, 3.8) is 0 Å². The molecule has 3 aromatic rings. The van der Waals surface area contributed by atoms with E-state index in [1.54, 1.807) is 23.0 Å². The molecule has 1 aliphatic heterocycles. The quantitative estimate of drug-likeness (QED) is 0.342. The summed E-state index contributed by atoms with van der Waals surface area (Å²) in [6, 6.07) is 9.02. The van der Waals surface area contributed by atoms with Crippen LogP contribution in [-0.2, 0) is 13.1 Å². The molecule has 0 spiro atoms. The van der Waals surface area contributed by atoms with E-state index in [0.29, 0.717) is 33.0 Å². The fourth-order valence-electron chi connectivity index (χ4n) is 3.58. The third-order valence-corrected chi connectivity index (χ3v) is 6.34. The van der Waals surface area contributed by atoms with Gasteiger partial charge in [-0.2, -0.15) is 14.9 Å². The second-order valence-corrected chi connectivity index (χ2v) is 9.10. The van der Waals surface area contributed by atoms with Crippen molar-refractivity contribution >= 4 is 41.6 Å². The number of benzene rings is 1. The normalized spacial score (nSPS) is 15.8. The molecular weight excluding hydrogens is 467 g/mol. The van der Waals surface area contributed by atoms with E-state index in [4.69, 9.17) is 44.9 Å². The first kappa shape index (κ1) is 23.2. The minimum Gasteiger partial charge on any atom is -0.455 e. The summed E-state index contributed by atoms with van der Waals surface area (Å²) in [6.45, 7) is 6.88. The molecule has 1 aliphatic rings. The number of hydrogen-bond acceptors (Lipinski definition) is 6. The van der Waals surface area contributed by atoms with Crippen molar-refractivity contribution in [2.45, 2.75) is 26.4 Å². The summed E-state index contributed by atoms with van der Waals surface area (Å²) in [5, 5.41) is 10.5. The Balaban J connectivity index is 1.55. The minimum atomic E-state index is 0.535. The molecule has 3 heterocycles. The zero-order valence-electron chi connectivity index (χ0n) is 18.2. The maximum atomic E-state index is 6.30. The second kappa shape index (κ2) is 10.3. The molecule has 0 bridgehead atoms. The van der Waals surface area contributed by atoms with E-state index < -0.39 is 0 Å². The van der Waals surface area contributed by atoms with Gasteiger partial charge in [-0.1, -0.05) is 30.1 Å². The van der Waals surface area contributed by atoms with Crippen LogP contribution in [-0.4, -0.2) is 63.7 Å². The summed E-state index contributed by atoms with van der Waals surface area (Å²) in [4.78, 5) is 4.69. The Morgan fingerprint density at radius 1 is 1.16 bits per heavy atom. The average molecular weight is 493 g/mol. The third-order valence-electron chi connectivity index (χ3n) is 5.41. The number of furan rings is 1. The highest BCUT2D eigenvalue weighted by molar-refractivity contribution is 7.71. The van der Waals surface area contributed by atoms with E-state index in [2.05, 4.69) is 28.9 Å². The Kier molecular flexibility index (Phi) is 7.48. The number of hydrogen-bond donors (Lipinski definition) is 0. The summed E-state index contributed by atoms with van der Waals surface area (Å²) < 4.78 is 10.1. The lowest BCUT2D eigenvalue weighted by atomic mass is 10.2. The molecule has 1 saturated heterocycles. The van der Waals surface area contributed by atoms with E-state index >= 15 is 0 Å². The Morgan fingerprint density at radius 2 is 1.94 bits per heavy atom. The summed E-state index contributed by atoms with van der Waals surface area (Å²) in [5.74, 6) is 2.09. The van der Waals surface area contributed by atoms with Crippen molar-refractivity contribution in [2.75, 3.05) is 33.2 Å². The lowest BCUT2D eigenvalue weighted by Crippen LogP contribution is -2.45. The summed E-state index contributed by atoms with van der Waals surface area (Å²) in [7, 11) is 2.15. The van der Waals surface area contributed by atoms with E-state index in [1.165, 1.54) is 0 Å². The molecule has 0 amide bonds. The Bertz CT molecular complexity index is 1160. The van der Waals surface area contributed by atoms with Gasteiger partial charge in [0.1, 0.15) is 11.5 Å². The Hall–Kier alpha value is -1.97. The van der Waals surface area contributed by atoms with Gasteiger partial charge < -0.3 is 9.32 Å². The van der Waals surface area contributed by atoms with E-state index in [-0.39, 0.29) is 0 Å². The molecule has 2 aromatic heterocycles. The third kappa shape index (κ3) is 5.32. The van der Waals surface area contributed by atoms with E-state index in [9.17, 15) is 0 Å². The highest BCUT2D eigenvalue weighted by atomic mass is 35.5. The van der Waals surface area contributed by atoms with Crippen LogP contribution in [0.5, 0.6) is 0 Å². The van der Waals surface area contributed by atoms with E-state index in [0.717, 1.165) is 50.4 Å². The zero-order valence-corrected chi connectivity index (χ0v) is 20.5. The molecule has 0 atom stereocenters. The number of rotatable bonds is 7. The van der Waals surface area contributed by atoms with Crippen molar-refractivity contribution in [2.24, 2.45) is 5.10 Å². The Morgan fingerprint density at radius 3 is 2.66 bits per heavy atom. The number of likely N-dealkylation sites (N-methyl/N-ethyl adjacent to an activating group) is 1. The fourth-order valence-corrected chi connectivity index (χ4v) is 4.33. The molecule has 0 unspecified atom stereocenters. The van der Waals surface area contributed by atoms with Gasteiger partial charge in [0.2, 0.25) is 4.77 Å². The summed E-state index contributed by atoms with van der Waals surface area (Å²) in [5.41, 5.74) is 0.777. The lowest BCUT2D eigenvalue weighted by molar-refractivity contribution is 0.118. The molecule has 1 fully saturated rings. The second-order valence-electron chi connectivity index (χ2n) is 7.89. The number of aryl methyl sites for hydroxylation is 1. The smallest absolute Gasteiger partial charge is 0.220 e. The van der Waals surface area contributed by atoms with E-state index in [1.807, 2.05) is 22.9 Å². The van der Waals surface area contributed by atoms with Crippen LogP contribution in [0, 0.1) is 4.77 Å². The molecule has 1 aromatic carbocycles. The minimum absolute atomic E-state index is 0.535. The summed E-state index contributed by atoms with van der Waals surface area (Å²) >= 11 is 18.0. The van der Waals surface area contributed by atoms with Crippen LogP contribution in [0.25, 0.3) is 11.3 Å². The molecule has 0 saturated carbocycles. The molecule has 0 aliphatic carbocycles. The number of nitrogens with zero attached hydrogens (tertiary/aromatic N) is 6. The van der Waals surface area contributed by atoms with Crippen LogP contribution >= 0.6 is 35.4 Å². The van der Waals surface area contributed by atoms with Gasteiger partial charge in [0.15, 0.2) is 5.82 Å². The topological polar surface area (TPSA) is 54.7 Å². The van der Waals surface area contributed by atoms with Crippen LogP contribution in [0.2, 0.25) is 10.0 Å². The first-order valence-electron chi connectivity index (χ1n) is 10.6. The van der Waals surface area contributed by atoms with Gasteiger partial charge in [0, 0.05) is 43.2 Å². The van der Waals surface area contributed by atoms with Crippen molar-refractivity contribution in [1.29, 1.82) is 0 Å². The van der Waals surface area contributed by atoms with Crippen molar-refractivity contribution in [1.82, 2.24) is 24.3 Å². The van der Waals surface area contributed by atoms with Crippen LogP contribution in [0.4, 0.5) is 0 Å². The standard InChI is InChI=1S/C22H26Cl2N6OS/c1-3-4-21-26-29(15-28-11-9-27(2)10-12-28)22(32)30(21)25-14-17-6-8-20(31-17)18-7-5-16(23)13-19(18)24/h5-8,13-14H,3-4,9-12,15H2,1-2H3/b25-14+. The first-order valence-corrected chi connectivity index (χ1v) is 11.8. The van der Waals surface area contributed by atoms with Gasteiger partial charge in [-0.3, -0.25) is 4.90 Å². The molecule has 7 nitrogen and oxygen atoms in total. The van der Waals surface area contributed by atoms with Gasteiger partial charge in [0.05, 0.1) is 17.9 Å². The maximum absolute atomic E-state index is 6.30. The molecule has 10 heteroatoms. The largest absolute Gasteiger partial charge is 0.455 e. The SMILES string of the molecule is CCCc1nn(CN2CCN(C)CC2)c(=S)n1/N=C/c1ccc(-c2ccc(Cl)cc2Cl)o1. The van der Waals surface area contributed by atoms with Crippen molar-refractivity contribution < 1.29 is 4.42 Å². The monoisotopic (exact) mass is 492 g/mol. The lowest BCUT2D eigenvalue weighted by Gasteiger charge is -2.31. The number of piperazine rings is 1. The predicted molar refractivity (Wildman–Crippen MR) is 131 cm³/mol. The van der Waals surface area contributed by atoms with Crippen molar-refractivity contribution in [3.05, 3.63) is 56.7 Å². The Labute approximate surface area is 202 Å². The van der Waals surface area contributed by atoms with Gasteiger partial charge >= 0.3 is 0 Å².